The Kier molecular flexibility index (Phi) is 6.25. The van der Waals surface area contributed by atoms with E-state index in [9.17, 15) is 14.9 Å². The molecular weight excluding hydrogens is 388 g/mol. The highest BCUT2D eigenvalue weighted by Gasteiger charge is 2.19. The number of nitrogens with zero attached hydrogens (tertiary/aromatic N) is 1. The van der Waals surface area contributed by atoms with E-state index in [1.165, 1.54) is 20.3 Å². The molecule has 30 heavy (non-hydrogen) atoms. The molecule has 3 rings (SSSR count). The summed E-state index contributed by atoms with van der Waals surface area (Å²) in [6.45, 7) is 4.28. The Morgan fingerprint density at radius 1 is 1.07 bits per heavy atom. The van der Waals surface area contributed by atoms with Crippen molar-refractivity contribution in [2.75, 3.05) is 20.8 Å². The van der Waals surface area contributed by atoms with E-state index in [1.807, 2.05) is 26.0 Å². The maximum Gasteiger partial charge on any atom is 0.276 e. The number of methoxy groups -OCH3 is 2. The molecule has 1 aromatic heterocycles. The fourth-order valence-electron chi connectivity index (χ4n) is 3.33. The molecule has 1 N–H and O–H groups in total. The fraction of sp³-hybridized carbons (Fsp3) is 0.318. The number of nitrogens with one attached hydrogen (secondary N) is 1. The molecule has 0 saturated carbocycles. The third-order valence-electron chi connectivity index (χ3n) is 5.12. The van der Waals surface area contributed by atoms with Crippen molar-refractivity contribution in [2.45, 2.75) is 26.7 Å². The van der Waals surface area contributed by atoms with E-state index < -0.39 is 4.92 Å². The van der Waals surface area contributed by atoms with E-state index in [-0.39, 0.29) is 36.7 Å². The summed E-state index contributed by atoms with van der Waals surface area (Å²) in [5.41, 5.74) is 4.20. The van der Waals surface area contributed by atoms with Crippen LogP contribution in [0.4, 0.5) is 5.69 Å². The van der Waals surface area contributed by atoms with Crippen molar-refractivity contribution in [2.24, 2.45) is 0 Å². The average molecular weight is 412 g/mol. The fourth-order valence-corrected chi connectivity index (χ4v) is 3.33. The smallest absolute Gasteiger partial charge is 0.276 e. The number of fused-ring (bicyclic) bond motifs is 1. The zero-order valence-electron chi connectivity index (χ0n) is 17.4. The van der Waals surface area contributed by atoms with Gasteiger partial charge < -0.3 is 19.2 Å². The molecule has 0 unspecified atom stereocenters. The van der Waals surface area contributed by atoms with Gasteiger partial charge in [-0.3, -0.25) is 14.9 Å². The maximum absolute atomic E-state index is 12.4. The molecule has 1 amide bonds. The lowest BCUT2D eigenvalue weighted by atomic mass is 10.0. The number of hydrogen-bond donors (Lipinski definition) is 1. The molecule has 8 heteroatoms. The van der Waals surface area contributed by atoms with Crippen LogP contribution in [0.15, 0.2) is 34.9 Å². The highest BCUT2D eigenvalue weighted by molar-refractivity contribution is 5.88. The van der Waals surface area contributed by atoms with Gasteiger partial charge in [0.1, 0.15) is 5.58 Å². The number of hydrogen-bond acceptors (Lipinski definition) is 6. The Labute approximate surface area is 173 Å². The van der Waals surface area contributed by atoms with Crippen molar-refractivity contribution in [1.29, 1.82) is 0 Å². The van der Waals surface area contributed by atoms with Crippen molar-refractivity contribution in [3.05, 3.63) is 62.9 Å². The summed E-state index contributed by atoms with van der Waals surface area (Å²) in [7, 11) is 2.89. The Morgan fingerprint density at radius 2 is 1.73 bits per heavy atom. The molecule has 0 atom stereocenters. The molecule has 3 aromatic rings. The molecule has 0 radical (unpaired) electrons. The molecule has 8 nitrogen and oxygen atoms in total. The van der Waals surface area contributed by atoms with E-state index in [2.05, 4.69) is 5.32 Å². The van der Waals surface area contributed by atoms with Crippen molar-refractivity contribution < 1.29 is 23.6 Å². The van der Waals surface area contributed by atoms with Crippen molar-refractivity contribution in [3.8, 4) is 11.5 Å². The van der Waals surface area contributed by atoms with Gasteiger partial charge in [-0.2, -0.15) is 0 Å². The molecular formula is C22H24N2O6. The minimum Gasteiger partial charge on any atom is -0.493 e. The Balaban J connectivity index is 1.67. The van der Waals surface area contributed by atoms with Crippen molar-refractivity contribution >= 4 is 22.6 Å². The number of nitro benzene ring substituents is 1. The number of aryl methyl sites for hydroxylation is 2. The van der Waals surface area contributed by atoms with Gasteiger partial charge in [0, 0.05) is 23.1 Å². The Bertz CT molecular complexity index is 1100. The number of ether oxygens (including phenoxy) is 2. The number of nitro groups is 1. The van der Waals surface area contributed by atoms with Gasteiger partial charge in [0.25, 0.3) is 5.69 Å². The van der Waals surface area contributed by atoms with Gasteiger partial charge in [0.2, 0.25) is 5.91 Å². The van der Waals surface area contributed by atoms with E-state index in [0.29, 0.717) is 11.3 Å². The highest BCUT2D eigenvalue weighted by atomic mass is 16.6. The highest BCUT2D eigenvalue weighted by Crippen LogP contribution is 2.34. The van der Waals surface area contributed by atoms with Crippen molar-refractivity contribution in [1.82, 2.24) is 5.32 Å². The zero-order valence-corrected chi connectivity index (χ0v) is 17.4. The molecule has 0 fully saturated rings. The third kappa shape index (κ3) is 4.37. The largest absolute Gasteiger partial charge is 0.493 e. The van der Waals surface area contributed by atoms with Crippen LogP contribution >= 0.6 is 0 Å². The first kappa shape index (κ1) is 21.2. The quantitative estimate of drug-likeness (QED) is 0.445. The van der Waals surface area contributed by atoms with Crippen LogP contribution in [0.25, 0.3) is 11.0 Å². The molecule has 0 spiro atoms. The first-order valence-corrected chi connectivity index (χ1v) is 9.47. The van der Waals surface area contributed by atoms with E-state index in [0.717, 1.165) is 27.7 Å². The van der Waals surface area contributed by atoms with Crippen LogP contribution in [0.2, 0.25) is 0 Å². The van der Waals surface area contributed by atoms with Gasteiger partial charge >= 0.3 is 0 Å². The standard InChI is InChI=1S/C22H24N2O6/c1-13-7-17-16(12-30-19(17)8-14(13)2)10-22(25)23-6-5-15-9-20(28-3)21(29-4)11-18(15)24(26)27/h7-9,11-12H,5-6,10H2,1-4H3,(H,23,25). The monoisotopic (exact) mass is 412 g/mol. The predicted molar refractivity (Wildman–Crippen MR) is 112 cm³/mol. The lowest BCUT2D eigenvalue weighted by Gasteiger charge is -2.11. The van der Waals surface area contributed by atoms with E-state index in [4.69, 9.17) is 13.9 Å². The Hall–Kier alpha value is -3.55. The number of rotatable bonds is 8. The van der Waals surface area contributed by atoms with Crippen LogP contribution in [-0.4, -0.2) is 31.6 Å². The lowest BCUT2D eigenvalue weighted by molar-refractivity contribution is -0.385. The van der Waals surface area contributed by atoms with Gasteiger partial charge in [-0.15, -0.1) is 0 Å². The average Bonchev–Trinajstić information content (AvgIpc) is 3.08. The summed E-state index contributed by atoms with van der Waals surface area (Å²) in [5.74, 6) is 0.508. The first-order valence-electron chi connectivity index (χ1n) is 9.47. The second kappa shape index (κ2) is 8.86. The van der Waals surface area contributed by atoms with Crippen molar-refractivity contribution in [3.63, 3.8) is 0 Å². The predicted octanol–water partition coefficient (Wildman–Crippen LogP) is 3.88. The van der Waals surface area contributed by atoms with E-state index >= 15 is 0 Å². The SMILES string of the molecule is COc1cc(CCNC(=O)Cc2coc3cc(C)c(C)cc23)c([N+](=O)[O-])cc1OC. The van der Waals surface area contributed by atoms with Crippen LogP contribution in [-0.2, 0) is 17.6 Å². The number of benzene rings is 2. The molecule has 0 saturated heterocycles. The summed E-state index contributed by atoms with van der Waals surface area (Å²) in [6, 6.07) is 6.88. The molecule has 158 valence electrons. The van der Waals surface area contributed by atoms with E-state index in [1.54, 1.807) is 12.3 Å². The van der Waals surface area contributed by atoms with Crippen LogP contribution in [0.3, 0.4) is 0 Å². The number of carbonyl (C=O) groups excluding carboxylic acids is 1. The van der Waals surface area contributed by atoms with Gasteiger partial charge in [0.05, 0.1) is 37.9 Å². The van der Waals surface area contributed by atoms with Crippen LogP contribution in [0.5, 0.6) is 11.5 Å². The third-order valence-corrected chi connectivity index (χ3v) is 5.12. The Morgan fingerprint density at radius 3 is 2.40 bits per heavy atom. The summed E-state index contributed by atoms with van der Waals surface area (Å²) in [5, 5.41) is 15.1. The summed E-state index contributed by atoms with van der Waals surface area (Å²) < 4.78 is 15.9. The second-order valence-corrected chi connectivity index (χ2v) is 7.06. The van der Waals surface area contributed by atoms with Gasteiger partial charge in [-0.1, -0.05) is 0 Å². The topological polar surface area (TPSA) is 104 Å². The minimum atomic E-state index is -0.471. The van der Waals surface area contributed by atoms with Gasteiger partial charge in [-0.05, 0) is 49.6 Å². The molecule has 0 aliphatic carbocycles. The summed E-state index contributed by atoms with van der Waals surface area (Å²) >= 11 is 0. The molecule has 1 heterocycles. The summed E-state index contributed by atoms with van der Waals surface area (Å²) in [6.07, 6.45) is 2.05. The minimum absolute atomic E-state index is 0.0754. The summed E-state index contributed by atoms with van der Waals surface area (Å²) in [4.78, 5) is 23.3. The van der Waals surface area contributed by atoms with Crippen LogP contribution < -0.4 is 14.8 Å². The van der Waals surface area contributed by atoms with Crippen LogP contribution in [0, 0.1) is 24.0 Å². The number of furan rings is 1. The van der Waals surface area contributed by atoms with Gasteiger partial charge in [0.15, 0.2) is 11.5 Å². The zero-order chi connectivity index (χ0) is 21.8. The molecule has 0 bridgehead atoms. The lowest BCUT2D eigenvalue weighted by Crippen LogP contribution is -2.27. The van der Waals surface area contributed by atoms with Gasteiger partial charge in [-0.25, -0.2) is 0 Å². The first-order chi connectivity index (χ1) is 14.3. The number of amides is 1. The maximum atomic E-state index is 12.4. The normalized spacial score (nSPS) is 10.8. The second-order valence-electron chi connectivity index (χ2n) is 7.06. The van der Waals surface area contributed by atoms with Crippen LogP contribution in [0.1, 0.15) is 22.3 Å². The number of carbonyl (C=O) groups is 1. The molecule has 2 aromatic carbocycles. The molecule has 0 aliphatic heterocycles. The molecule has 0 aliphatic rings.